The largest absolute Gasteiger partial charge is 0.300 e. The highest BCUT2D eigenvalue weighted by Crippen LogP contribution is 2.23. The molecule has 0 spiro atoms. The summed E-state index contributed by atoms with van der Waals surface area (Å²) in [6, 6.07) is 46.6. The number of nitrogens with zero attached hydrogens (tertiary/aromatic N) is 3. The molecule has 1 N–H and O–H groups in total. The van der Waals surface area contributed by atoms with Crippen LogP contribution >= 0.6 is 34.8 Å². The lowest BCUT2D eigenvalue weighted by atomic mass is 10.0. The molecule has 0 aliphatic carbocycles. The van der Waals surface area contributed by atoms with Gasteiger partial charge in [0.2, 0.25) is 0 Å². The standard InChI is InChI=1S/C18H13ClN2.C13H11N.C5H3Cl2N/c19-16-12-7-13-20-18(16)21-17(14-8-3-1-4-9-14)15-10-5-2-6-11-15;14-13(11-7-3-1-4-8-11)12-9-5-2-6-10-12;6-4-2-1-3-8-5(4)7/h1-13H;1-10,14H;1-3H. The number of halogens is 3. The van der Waals surface area contributed by atoms with Crippen LogP contribution in [0, 0.1) is 5.41 Å². The lowest BCUT2D eigenvalue weighted by Crippen LogP contribution is -2.02. The lowest BCUT2D eigenvalue weighted by Gasteiger charge is -2.07. The van der Waals surface area contributed by atoms with Gasteiger partial charge in [-0.15, -0.1) is 0 Å². The van der Waals surface area contributed by atoms with Gasteiger partial charge in [0.15, 0.2) is 5.82 Å². The third kappa shape index (κ3) is 9.73. The Bertz CT molecular complexity index is 1640. The molecule has 2 aromatic heterocycles. The summed E-state index contributed by atoms with van der Waals surface area (Å²) in [4.78, 5) is 12.6. The summed E-state index contributed by atoms with van der Waals surface area (Å²) in [5.74, 6) is 0.530. The number of benzene rings is 4. The third-order valence-corrected chi connectivity index (χ3v) is 6.89. The molecule has 6 aromatic rings. The third-order valence-electron chi connectivity index (χ3n) is 5.89. The fourth-order valence-corrected chi connectivity index (χ4v) is 4.20. The molecule has 0 saturated carbocycles. The summed E-state index contributed by atoms with van der Waals surface area (Å²) < 4.78 is 0. The zero-order valence-corrected chi connectivity index (χ0v) is 25.3. The van der Waals surface area contributed by atoms with Crippen molar-refractivity contribution in [2.75, 3.05) is 0 Å². The van der Waals surface area contributed by atoms with Gasteiger partial charge in [0.1, 0.15) is 5.15 Å². The van der Waals surface area contributed by atoms with Crippen molar-refractivity contribution < 1.29 is 0 Å². The van der Waals surface area contributed by atoms with E-state index in [9.17, 15) is 0 Å². The molecule has 0 saturated heterocycles. The number of pyridine rings is 2. The van der Waals surface area contributed by atoms with Gasteiger partial charge in [-0.3, -0.25) is 5.41 Å². The Morgan fingerprint density at radius 3 is 1.23 bits per heavy atom. The van der Waals surface area contributed by atoms with Crippen LogP contribution in [-0.2, 0) is 0 Å². The Morgan fingerprint density at radius 2 is 0.860 bits per heavy atom. The number of aliphatic imine (C=N–C) groups is 1. The maximum Gasteiger partial charge on any atom is 0.171 e. The molecule has 6 rings (SSSR count). The van der Waals surface area contributed by atoms with Crippen molar-refractivity contribution in [3.63, 3.8) is 0 Å². The minimum absolute atomic E-state index is 0.356. The number of hydrogen-bond donors (Lipinski definition) is 1. The van der Waals surface area contributed by atoms with Crippen LogP contribution in [0.15, 0.2) is 163 Å². The SMILES string of the molecule is Clc1cccnc1Cl.Clc1cccnc1N=C(c1ccccc1)c1ccccc1.N=C(c1ccccc1)c1ccccc1. The van der Waals surface area contributed by atoms with Crippen LogP contribution in [0.4, 0.5) is 5.82 Å². The summed E-state index contributed by atoms with van der Waals surface area (Å²) >= 11 is 17.2. The van der Waals surface area contributed by atoms with Crippen LogP contribution in [-0.4, -0.2) is 21.4 Å². The van der Waals surface area contributed by atoms with E-state index in [1.165, 1.54) is 0 Å². The summed E-state index contributed by atoms with van der Waals surface area (Å²) in [5.41, 5.74) is 5.41. The van der Waals surface area contributed by atoms with E-state index >= 15 is 0 Å². The molecule has 0 aliphatic heterocycles. The Balaban J connectivity index is 0.000000165. The zero-order valence-electron chi connectivity index (χ0n) is 23.0. The molecule has 0 atom stereocenters. The maximum atomic E-state index is 7.97. The van der Waals surface area contributed by atoms with Gasteiger partial charge in [0.05, 0.1) is 21.5 Å². The van der Waals surface area contributed by atoms with E-state index in [2.05, 4.69) is 15.0 Å². The first-order valence-electron chi connectivity index (χ1n) is 13.3. The van der Waals surface area contributed by atoms with Crippen molar-refractivity contribution in [1.82, 2.24) is 9.97 Å². The molecule has 0 radical (unpaired) electrons. The minimum atomic E-state index is 0.356. The number of nitrogens with one attached hydrogen (secondary N) is 1. The van der Waals surface area contributed by atoms with Crippen LogP contribution in [0.1, 0.15) is 22.3 Å². The molecular weight excluding hydrogens is 595 g/mol. The quantitative estimate of drug-likeness (QED) is 0.154. The van der Waals surface area contributed by atoms with Gasteiger partial charge in [-0.25, -0.2) is 15.0 Å². The molecule has 0 fully saturated rings. The van der Waals surface area contributed by atoms with Crippen LogP contribution in [0.5, 0.6) is 0 Å². The molecule has 0 bridgehead atoms. The highest BCUT2D eigenvalue weighted by molar-refractivity contribution is 6.41. The van der Waals surface area contributed by atoms with Crippen molar-refractivity contribution in [3.05, 3.63) is 195 Å². The predicted octanol–water partition coefficient (Wildman–Crippen LogP) is 10.4. The van der Waals surface area contributed by atoms with Crippen LogP contribution in [0.25, 0.3) is 0 Å². The molecule has 7 heteroatoms. The first-order chi connectivity index (χ1) is 21.0. The minimum Gasteiger partial charge on any atom is -0.300 e. The summed E-state index contributed by atoms with van der Waals surface area (Å²) in [6.07, 6.45) is 3.28. The van der Waals surface area contributed by atoms with Gasteiger partial charge in [-0.05, 0) is 35.4 Å². The van der Waals surface area contributed by atoms with Gasteiger partial charge in [0.25, 0.3) is 0 Å². The van der Waals surface area contributed by atoms with Gasteiger partial charge in [0, 0.05) is 23.5 Å². The maximum absolute atomic E-state index is 7.97. The van der Waals surface area contributed by atoms with Crippen molar-refractivity contribution >= 4 is 52.0 Å². The molecule has 43 heavy (non-hydrogen) atoms. The van der Waals surface area contributed by atoms with E-state index in [0.29, 0.717) is 26.7 Å². The van der Waals surface area contributed by atoms with E-state index in [4.69, 9.17) is 40.2 Å². The fourth-order valence-electron chi connectivity index (χ4n) is 3.80. The first-order valence-corrected chi connectivity index (χ1v) is 14.4. The average molecular weight is 622 g/mol. The molecule has 212 valence electrons. The second-order valence-electron chi connectivity index (χ2n) is 8.88. The van der Waals surface area contributed by atoms with Gasteiger partial charge >= 0.3 is 0 Å². The normalized spacial score (nSPS) is 9.84. The summed E-state index contributed by atoms with van der Waals surface area (Å²) in [7, 11) is 0. The predicted molar refractivity (Wildman–Crippen MR) is 181 cm³/mol. The number of hydrogen-bond acceptors (Lipinski definition) is 4. The van der Waals surface area contributed by atoms with Gasteiger partial charge in [-0.2, -0.15) is 0 Å². The molecule has 4 nitrogen and oxygen atoms in total. The zero-order chi connectivity index (χ0) is 30.3. The molecule has 2 heterocycles. The van der Waals surface area contributed by atoms with E-state index < -0.39 is 0 Å². The average Bonchev–Trinajstić information content (AvgIpc) is 3.07. The Labute approximate surface area is 266 Å². The lowest BCUT2D eigenvalue weighted by molar-refractivity contribution is 1.27. The van der Waals surface area contributed by atoms with E-state index in [-0.39, 0.29) is 0 Å². The molecule has 0 aliphatic rings. The van der Waals surface area contributed by atoms with Crippen molar-refractivity contribution in [2.45, 2.75) is 0 Å². The second-order valence-corrected chi connectivity index (χ2v) is 10.1. The monoisotopic (exact) mass is 620 g/mol. The van der Waals surface area contributed by atoms with Crippen LogP contribution in [0.3, 0.4) is 0 Å². The highest BCUT2D eigenvalue weighted by atomic mass is 35.5. The molecule has 0 unspecified atom stereocenters. The van der Waals surface area contributed by atoms with E-state index in [1.54, 1.807) is 36.7 Å². The first kappa shape index (κ1) is 31.3. The highest BCUT2D eigenvalue weighted by Gasteiger charge is 2.08. The van der Waals surface area contributed by atoms with Gasteiger partial charge < -0.3 is 0 Å². The number of aromatic nitrogens is 2. The van der Waals surface area contributed by atoms with E-state index in [0.717, 1.165) is 28.0 Å². The Morgan fingerprint density at radius 1 is 0.465 bits per heavy atom. The van der Waals surface area contributed by atoms with Crippen molar-refractivity contribution in [2.24, 2.45) is 4.99 Å². The number of rotatable bonds is 5. The summed E-state index contributed by atoms with van der Waals surface area (Å²) in [5, 5.41) is 9.36. The second kappa shape index (κ2) is 16.7. The molecular formula is C36H27Cl3N4. The molecule has 4 aromatic carbocycles. The van der Waals surface area contributed by atoms with Gasteiger partial charge in [-0.1, -0.05) is 156 Å². The smallest absolute Gasteiger partial charge is 0.171 e. The topological polar surface area (TPSA) is 62.0 Å². The molecule has 0 amide bonds. The Kier molecular flexibility index (Phi) is 12.2. The van der Waals surface area contributed by atoms with Crippen molar-refractivity contribution in [3.8, 4) is 0 Å². The van der Waals surface area contributed by atoms with E-state index in [1.807, 2.05) is 121 Å². The fraction of sp³-hybridized carbons (Fsp3) is 0. The van der Waals surface area contributed by atoms with Crippen molar-refractivity contribution in [1.29, 1.82) is 5.41 Å². The summed E-state index contributed by atoms with van der Waals surface area (Å²) in [6.45, 7) is 0. The van der Waals surface area contributed by atoms with Crippen LogP contribution < -0.4 is 0 Å². The Hall–Kier alpha value is -4.61. The van der Waals surface area contributed by atoms with Crippen LogP contribution in [0.2, 0.25) is 15.2 Å².